The first-order chi connectivity index (χ1) is 10.6. The number of carbonyl (C=O) groups is 1. The van der Waals surface area contributed by atoms with Crippen LogP contribution >= 0.6 is 0 Å². The number of hydrogen-bond acceptors (Lipinski definition) is 3. The number of nitrogens with zero attached hydrogens (tertiary/aromatic N) is 1. The summed E-state index contributed by atoms with van der Waals surface area (Å²) >= 11 is 0. The van der Waals surface area contributed by atoms with Crippen LogP contribution in [0.3, 0.4) is 0 Å². The van der Waals surface area contributed by atoms with E-state index in [2.05, 4.69) is 0 Å². The fourth-order valence-electron chi connectivity index (χ4n) is 4.18. The minimum Gasteiger partial charge on any atom is -0.468 e. The van der Waals surface area contributed by atoms with Gasteiger partial charge in [0.25, 0.3) is 5.91 Å². The number of hydrogen-bond donors (Lipinski definition) is 1. The zero-order chi connectivity index (χ0) is 15.7. The Hall–Kier alpha value is -1.29. The number of likely N-dealkylation sites (tertiary alicyclic amines) is 1. The molecule has 0 bridgehead atoms. The number of rotatable bonds is 3. The average Bonchev–Trinajstić information content (AvgIpc) is 3.16. The molecule has 0 unspecified atom stereocenters. The first-order valence-electron chi connectivity index (χ1n) is 8.66. The van der Waals surface area contributed by atoms with E-state index in [1.807, 2.05) is 18.7 Å². The van der Waals surface area contributed by atoms with Gasteiger partial charge in [0.05, 0.1) is 17.9 Å². The van der Waals surface area contributed by atoms with Crippen molar-refractivity contribution in [3.8, 4) is 0 Å². The van der Waals surface area contributed by atoms with Gasteiger partial charge in [-0.25, -0.2) is 0 Å². The van der Waals surface area contributed by atoms with Crippen molar-refractivity contribution >= 4 is 5.91 Å². The third-order valence-corrected chi connectivity index (χ3v) is 5.29. The maximum Gasteiger partial charge on any atom is 0.257 e. The van der Waals surface area contributed by atoms with Gasteiger partial charge in [-0.05, 0) is 31.7 Å². The Kier molecular flexibility index (Phi) is 4.57. The molecule has 0 aromatic carbocycles. The molecule has 0 radical (unpaired) electrons. The second-order valence-electron chi connectivity index (χ2n) is 7.08. The van der Waals surface area contributed by atoms with Crippen molar-refractivity contribution in [2.24, 2.45) is 5.92 Å². The number of aliphatic hydroxyl groups excluding tert-OH is 1. The molecule has 2 aliphatic rings. The fraction of sp³-hybridized carbons (Fsp3) is 0.722. The van der Waals surface area contributed by atoms with Gasteiger partial charge in [0, 0.05) is 24.4 Å². The summed E-state index contributed by atoms with van der Waals surface area (Å²) in [6.45, 7) is 4.89. The summed E-state index contributed by atoms with van der Waals surface area (Å²) in [6, 6.07) is 1.99. The van der Waals surface area contributed by atoms with Gasteiger partial charge in [-0.3, -0.25) is 4.79 Å². The molecular weight excluding hydrogens is 278 g/mol. The van der Waals surface area contributed by atoms with Crippen molar-refractivity contribution in [3.05, 3.63) is 23.7 Å². The lowest BCUT2D eigenvalue weighted by Gasteiger charge is -2.37. The molecule has 1 aliphatic carbocycles. The quantitative estimate of drug-likeness (QED) is 0.929. The van der Waals surface area contributed by atoms with Crippen LogP contribution in [0.1, 0.15) is 74.4 Å². The van der Waals surface area contributed by atoms with Gasteiger partial charge in [0.2, 0.25) is 0 Å². The summed E-state index contributed by atoms with van der Waals surface area (Å²) in [6.07, 6.45) is 7.62. The predicted molar refractivity (Wildman–Crippen MR) is 84.8 cm³/mol. The SMILES string of the molecule is CC(C)c1occc1C(=O)N1CCC[C@@H]1[C@@H]1CCCC[C@@H]1O. The van der Waals surface area contributed by atoms with Crippen molar-refractivity contribution in [1.29, 1.82) is 0 Å². The maximum atomic E-state index is 13.0. The summed E-state index contributed by atoms with van der Waals surface area (Å²) in [7, 11) is 0. The van der Waals surface area contributed by atoms with Crippen molar-refractivity contribution in [2.45, 2.75) is 70.4 Å². The van der Waals surface area contributed by atoms with E-state index in [1.165, 1.54) is 6.42 Å². The molecule has 1 saturated carbocycles. The monoisotopic (exact) mass is 305 g/mol. The van der Waals surface area contributed by atoms with Crippen LogP contribution in [0.5, 0.6) is 0 Å². The lowest BCUT2D eigenvalue weighted by Crippen LogP contribution is -2.45. The van der Waals surface area contributed by atoms with Crippen LogP contribution in [0.4, 0.5) is 0 Å². The molecule has 22 heavy (non-hydrogen) atoms. The van der Waals surface area contributed by atoms with Gasteiger partial charge in [0.15, 0.2) is 0 Å². The van der Waals surface area contributed by atoms with E-state index >= 15 is 0 Å². The molecule has 3 atom stereocenters. The zero-order valence-corrected chi connectivity index (χ0v) is 13.6. The van der Waals surface area contributed by atoms with Crippen LogP contribution in [0.15, 0.2) is 16.7 Å². The standard InChI is InChI=1S/C18H27NO3/c1-12(2)17-14(9-11-22-17)18(21)19-10-5-7-15(19)13-6-3-4-8-16(13)20/h9,11-13,15-16,20H,3-8,10H2,1-2H3/t13-,15+,16-/m0/s1. The first kappa shape index (κ1) is 15.6. The lowest BCUT2D eigenvalue weighted by atomic mass is 9.80. The van der Waals surface area contributed by atoms with E-state index in [0.29, 0.717) is 5.56 Å². The predicted octanol–water partition coefficient (Wildman–Crippen LogP) is 3.56. The Labute approximate surface area is 132 Å². The molecule has 122 valence electrons. The molecule has 1 amide bonds. The van der Waals surface area contributed by atoms with E-state index in [4.69, 9.17) is 4.42 Å². The number of carbonyl (C=O) groups excluding carboxylic acids is 1. The van der Waals surface area contributed by atoms with Crippen LogP contribution < -0.4 is 0 Å². The Morgan fingerprint density at radius 1 is 1.27 bits per heavy atom. The molecule has 2 heterocycles. The largest absolute Gasteiger partial charge is 0.468 e. The smallest absolute Gasteiger partial charge is 0.257 e. The molecule has 0 spiro atoms. The average molecular weight is 305 g/mol. The molecule has 1 aromatic rings. The molecule has 1 aliphatic heterocycles. The van der Waals surface area contributed by atoms with Crippen LogP contribution in [0.2, 0.25) is 0 Å². The molecule has 4 nitrogen and oxygen atoms in total. The highest BCUT2D eigenvalue weighted by Crippen LogP contribution is 2.36. The first-order valence-corrected chi connectivity index (χ1v) is 8.66. The van der Waals surface area contributed by atoms with E-state index < -0.39 is 0 Å². The van der Waals surface area contributed by atoms with E-state index in [1.54, 1.807) is 12.3 Å². The third kappa shape index (κ3) is 2.81. The molecule has 1 aromatic heterocycles. The summed E-state index contributed by atoms with van der Waals surface area (Å²) in [5.41, 5.74) is 0.701. The van der Waals surface area contributed by atoms with Crippen molar-refractivity contribution in [3.63, 3.8) is 0 Å². The summed E-state index contributed by atoms with van der Waals surface area (Å²) in [5.74, 6) is 1.31. The highest BCUT2D eigenvalue weighted by atomic mass is 16.3. The Morgan fingerprint density at radius 2 is 2.05 bits per heavy atom. The second-order valence-corrected chi connectivity index (χ2v) is 7.08. The van der Waals surface area contributed by atoms with E-state index in [9.17, 15) is 9.90 Å². The van der Waals surface area contributed by atoms with Crippen molar-refractivity contribution in [2.75, 3.05) is 6.54 Å². The van der Waals surface area contributed by atoms with E-state index in [-0.39, 0.29) is 29.9 Å². The van der Waals surface area contributed by atoms with Gasteiger partial charge in [0.1, 0.15) is 5.76 Å². The van der Waals surface area contributed by atoms with Crippen LogP contribution in [0.25, 0.3) is 0 Å². The minimum atomic E-state index is -0.249. The molecule has 1 saturated heterocycles. The number of aliphatic hydroxyl groups is 1. The van der Waals surface area contributed by atoms with Crippen molar-refractivity contribution < 1.29 is 14.3 Å². The Balaban J connectivity index is 1.80. The second kappa shape index (κ2) is 6.45. The van der Waals surface area contributed by atoms with Gasteiger partial charge < -0.3 is 14.4 Å². The normalized spacial score (nSPS) is 29.3. The van der Waals surface area contributed by atoms with Gasteiger partial charge in [-0.2, -0.15) is 0 Å². The van der Waals surface area contributed by atoms with Crippen molar-refractivity contribution in [1.82, 2.24) is 4.90 Å². The summed E-state index contributed by atoms with van der Waals surface area (Å²) < 4.78 is 5.51. The Morgan fingerprint density at radius 3 is 2.77 bits per heavy atom. The lowest BCUT2D eigenvalue weighted by molar-refractivity contribution is 0.0210. The highest BCUT2D eigenvalue weighted by molar-refractivity contribution is 5.95. The Bertz CT molecular complexity index is 522. The fourth-order valence-corrected chi connectivity index (χ4v) is 4.18. The molecular formula is C18H27NO3. The maximum absolute atomic E-state index is 13.0. The topological polar surface area (TPSA) is 53.7 Å². The molecule has 2 fully saturated rings. The van der Waals surface area contributed by atoms with Crippen LogP contribution in [-0.4, -0.2) is 34.6 Å². The van der Waals surface area contributed by atoms with Crippen LogP contribution in [0, 0.1) is 5.92 Å². The number of furan rings is 1. The third-order valence-electron chi connectivity index (χ3n) is 5.29. The molecule has 3 rings (SSSR count). The van der Waals surface area contributed by atoms with Gasteiger partial charge >= 0.3 is 0 Å². The summed E-state index contributed by atoms with van der Waals surface area (Å²) in [4.78, 5) is 15.0. The van der Waals surface area contributed by atoms with Gasteiger partial charge in [-0.1, -0.05) is 26.7 Å². The molecule has 4 heteroatoms. The zero-order valence-electron chi connectivity index (χ0n) is 13.6. The minimum absolute atomic E-state index is 0.0812. The van der Waals surface area contributed by atoms with Crippen LogP contribution in [-0.2, 0) is 0 Å². The number of amides is 1. The highest BCUT2D eigenvalue weighted by Gasteiger charge is 2.40. The summed E-state index contributed by atoms with van der Waals surface area (Å²) in [5, 5.41) is 10.3. The molecule has 1 N–H and O–H groups in total. The van der Waals surface area contributed by atoms with E-state index in [0.717, 1.165) is 44.4 Å². The van der Waals surface area contributed by atoms with Gasteiger partial charge in [-0.15, -0.1) is 0 Å².